The van der Waals surface area contributed by atoms with Crippen LogP contribution >= 0.6 is 15.9 Å². The molecule has 7 heteroatoms. The standard InChI is InChI=1S/C13H12BrN3O3/c14-7-3-4-9-8(6-7)11(16-15-9)12(18)17-5-1-2-10(17)13(19)20/h3-4,6,10H,1-2,5H2,(H,15,16)(H,19,20)/t10-/m1/s1. The van der Waals surface area contributed by atoms with E-state index in [9.17, 15) is 9.59 Å². The monoisotopic (exact) mass is 337 g/mol. The molecule has 1 aromatic carbocycles. The fourth-order valence-corrected chi connectivity index (χ4v) is 2.91. The molecule has 1 aliphatic rings. The van der Waals surface area contributed by atoms with Gasteiger partial charge in [0.15, 0.2) is 5.69 Å². The molecule has 1 fully saturated rings. The van der Waals surface area contributed by atoms with Crippen molar-refractivity contribution in [3.63, 3.8) is 0 Å². The molecule has 20 heavy (non-hydrogen) atoms. The number of H-pyrrole nitrogens is 1. The smallest absolute Gasteiger partial charge is 0.326 e. The van der Waals surface area contributed by atoms with Crippen molar-refractivity contribution in [2.24, 2.45) is 0 Å². The van der Waals surface area contributed by atoms with E-state index in [-0.39, 0.29) is 11.6 Å². The number of rotatable bonds is 2. The Kier molecular flexibility index (Phi) is 3.21. The second-order valence-corrected chi connectivity index (χ2v) is 5.67. The van der Waals surface area contributed by atoms with Crippen LogP contribution < -0.4 is 0 Å². The van der Waals surface area contributed by atoms with Crippen molar-refractivity contribution >= 4 is 38.7 Å². The van der Waals surface area contributed by atoms with Gasteiger partial charge < -0.3 is 10.0 Å². The van der Waals surface area contributed by atoms with Crippen LogP contribution in [-0.4, -0.2) is 44.7 Å². The summed E-state index contributed by atoms with van der Waals surface area (Å²) in [7, 11) is 0. The average molecular weight is 338 g/mol. The first-order chi connectivity index (χ1) is 9.58. The zero-order chi connectivity index (χ0) is 14.3. The highest BCUT2D eigenvalue weighted by atomic mass is 79.9. The van der Waals surface area contributed by atoms with Crippen LogP contribution in [0.3, 0.4) is 0 Å². The van der Waals surface area contributed by atoms with Gasteiger partial charge in [0.05, 0.1) is 5.52 Å². The highest BCUT2D eigenvalue weighted by Crippen LogP contribution is 2.25. The molecule has 1 aromatic heterocycles. The van der Waals surface area contributed by atoms with Gasteiger partial charge in [0.1, 0.15) is 6.04 Å². The van der Waals surface area contributed by atoms with Gasteiger partial charge in [-0.25, -0.2) is 4.79 Å². The van der Waals surface area contributed by atoms with Crippen LogP contribution in [0, 0.1) is 0 Å². The highest BCUT2D eigenvalue weighted by molar-refractivity contribution is 9.10. The van der Waals surface area contributed by atoms with Crippen LogP contribution in [0.4, 0.5) is 0 Å². The van der Waals surface area contributed by atoms with E-state index in [0.29, 0.717) is 24.8 Å². The Hall–Kier alpha value is -1.89. The van der Waals surface area contributed by atoms with Crippen LogP contribution in [0.25, 0.3) is 10.9 Å². The van der Waals surface area contributed by atoms with Gasteiger partial charge in [-0.3, -0.25) is 9.89 Å². The molecular weight excluding hydrogens is 326 g/mol. The Balaban J connectivity index is 2.00. The molecule has 1 amide bonds. The Morgan fingerprint density at radius 3 is 3.00 bits per heavy atom. The molecule has 0 bridgehead atoms. The molecule has 0 spiro atoms. The number of fused-ring (bicyclic) bond motifs is 1. The molecule has 0 unspecified atom stereocenters. The number of likely N-dealkylation sites (tertiary alicyclic amines) is 1. The number of aromatic amines is 1. The average Bonchev–Trinajstić information content (AvgIpc) is 3.04. The first-order valence-electron chi connectivity index (χ1n) is 6.25. The molecule has 1 saturated heterocycles. The Labute approximate surface area is 122 Å². The predicted octanol–water partition coefficient (Wildman–Crippen LogP) is 2.01. The molecule has 0 saturated carbocycles. The number of carboxylic acids is 1. The fourth-order valence-electron chi connectivity index (χ4n) is 2.55. The zero-order valence-corrected chi connectivity index (χ0v) is 12.1. The SMILES string of the molecule is O=C(O)[C@H]1CCCN1C(=O)c1n[nH]c2ccc(Br)cc12. The van der Waals surface area contributed by atoms with E-state index in [4.69, 9.17) is 5.11 Å². The second kappa shape index (κ2) is 4.90. The molecule has 104 valence electrons. The number of benzene rings is 1. The van der Waals surface area contributed by atoms with Gasteiger partial charge in [0, 0.05) is 16.4 Å². The van der Waals surface area contributed by atoms with E-state index in [0.717, 1.165) is 9.99 Å². The van der Waals surface area contributed by atoms with Gasteiger partial charge in [-0.1, -0.05) is 15.9 Å². The number of carboxylic acid groups (broad SMARTS) is 1. The summed E-state index contributed by atoms with van der Waals surface area (Å²) >= 11 is 3.36. The van der Waals surface area contributed by atoms with Crippen molar-refractivity contribution in [1.82, 2.24) is 15.1 Å². The summed E-state index contributed by atoms with van der Waals surface area (Å²) in [6.45, 7) is 0.457. The van der Waals surface area contributed by atoms with Crippen LogP contribution in [0.1, 0.15) is 23.3 Å². The third kappa shape index (κ3) is 2.07. The summed E-state index contributed by atoms with van der Waals surface area (Å²) in [5, 5.41) is 16.7. The molecule has 0 radical (unpaired) electrons. The van der Waals surface area contributed by atoms with Crippen molar-refractivity contribution in [2.75, 3.05) is 6.54 Å². The fraction of sp³-hybridized carbons (Fsp3) is 0.308. The Bertz CT molecular complexity index is 697. The number of amides is 1. The minimum absolute atomic E-state index is 0.273. The number of aliphatic carboxylic acids is 1. The highest BCUT2D eigenvalue weighted by Gasteiger charge is 2.35. The Morgan fingerprint density at radius 1 is 1.45 bits per heavy atom. The van der Waals surface area contributed by atoms with Crippen LogP contribution in [0.15, 0.2) is 22.7 Å². The molecule has 2 N–H and O–H groups in total. The molecular formula is C13H12BrN3O3. The summed E-state index contributed by atoms with van der Waals surface area (Å²) in [5.74, 6) is -1.30. The van der Waals surface area contributed by atoms with E-state index < -0.39 is 12.0 Å². The topological polar surface area (TPSA) is 86.3 Å². The molecule has 2 heterocycles. The Morgan fingerprint density at radius 2 is 2.25 bits per heavy atom. The maximum Gasteiger partial charge on any atom is 0.326 e. The van der Waals surface area contributed by atoms with Crippen molar-refractivity contribution in [3.05, 3.63) is 28.4 Å². The molecule has 3 rings (SSSR count). The van der Waals surface area contributed by atoms with E-state index in [2.05, 4.69) is 26.1 Å². The first kappa shape index (κ1) is 13.1. The van der Waals surface area contributed by atoms with Gasteiger partial charge in [0.25, 0.3) is 5.91 Å². The maximum atomic E-state index is 12.5. The minimum atomic E-state index is -0.961. The summed E-state index contributed by atoms with van der Waals surface area (Å²) in [6, 6.07) is 4.73. The van der Waals surface area contributed by atoms with Gasteiger partial charge in [-0.2, -0.15) is 5.10 Å². The second-order valence-electron chi connectivity index (χ2n) is 4.76. The van der Waals surface area contributed by atoms with E-state index in [1.807, 2.05) is 12.1 Å². The normalized spacial score (nSPS) is 18.6. The lowest BCUT2D eigenvalue weighted by Gasteiger charge is -2.20. The number of nitrogens with zero attached hydrogens (tertiary/aromatic N) is 2. The summed E-state index contributed by atoms with van der Waals surface area (Å²) in [4.78, 5) is 25.1. The van der Waals surface area contributed by atoms with Gasteiger partial charge in [0.2, 0.25) is 0 Å². The number of hydrogen-bond donors (Lipinski definition) is 2. The molecule has 0 aliphatic carbocycles. The largest absolute Gasteiger partial charge is 0.480 e. The van der Waals surface area contributed by atoms with Crippen LogP contribution in [0.5, 0.6) is 0 Å². The van der Waals surface area contributed by atoms with E-state index in [1.165, 1.54) is 4.90 Å². The minimum Gasteiger partial charge on any atom is -0.480 e. The molecule has 6 nitrogen and oxygen atoms in total. The molecule has 1 aliphatic heterocycles. The maximum absolute atomic E-state index is 12.5. The van der Waals surface area contributed by atoms with Crippen molar-refractivity contribution in [1.29, 1.82) is 0 Å². The zero-order valence-electron chi connectivity index (χ0n) is 10.5. The molecule has 2 aromatic rings. The third-order valence-electron chi connectivity index (χ3n) is 3.53. The summed E-state index contributed by atoms with van der Waals surface area (Å²) in [5.41, 5.74) is 1.03. The number of carbonyl (C=O) groups is 2. The van der Waals surface area contributed by atoms with Crippen LogP contribution in [-0.2, 0) is 4.79 Å². The van der Waals surface area contributed by atoms with Crippen LogP contribution in [0.2, 0.25) is 0 Å². The number of aromatic nitrogens is 2. The summed E-state index contributed by atoms with van der Waals surface area (Å²) in [6.07, 6.45) is 1.20. The molecule has 1 atom stereocenters. The van der Waals surface area contributed by atoms with E-state index >= 15 is 0 Å². The van der Waals surface area contributed by atoms with E-state index in [1.54, 1.807) is 6.07 Å². The lowest BCUT2D eigenvalue weighted by Crippen LogP contribution is -2.40. The lowest BCUT2D eigenvalue weighted by atomic mass is 10.2. The van der Waals surface area contributed by atoms with Crippen molar-refractivity contribution < 1.29 is 14.7 Å². The number of nitrogens with one attached hydrogen (secondary N) is 1. The van der Waals surface area contributed by atoms with Crippen molar-refractivity contribution in [2.45, 2.75) is 18.9 Å². The first-order valence-corrected chi connectivity index (χ1v) is 7.04. The number of hydrogen-bond acceptors (Lipinski definition) is 3. The predicted molar refractivity (Wildman–Crippen MR) is 75.5 cm³/mol. The van der Waals surface area contributed by atoms with Gasteiger partial charge in [-0.15, -0.1) is 0 Å². The van der Waals surface area contributed by atoms with Gasteiger partial charge >= 0.3 is 5.97 Å². The number of carbonyl (C=O) groups excluding carboxylic acids is 1. The summed E-state index contributed by atoms with van der Waals surface area (Å²) < 4.78 is 0.844. The number of halogens is 1. The lowest BCUT2D eigenvalue weighted by molar-refractivity contribution is -0.141. The quantitative estimate of drug-likeness (QED) is 0.877. The third-order valence-corrected chi connectivity index (χ3v) is 4.02. The van der Waals surface area contributed by atoms with Gasteiger partial charge in [-0.05, 0) is 31.0 Å². The van der Waals surface area contributed by atoms with Crippen molar-refractivity contribution in [3.8, 4) is 0 Å².